The van der Waals surface area contributed by atoms with Gasteiger partial charge in [-0.3, -0.25) is 9.78 Å². The number of carbonyl (C=O) groups is 1. The molecule has 7 nitrogen and oxygen atoms in total. The normalized spacial score (nSPS) is 19.1. The van der Waals surface area contributed by atoms with Crippen molar-refractivity contribution in [3.8, 4) is 11.8 Å². The summed E-state index contributed by atoms with van der Waals surface area (Å²) in [5.41, 5.74) is -2.89. The average molecular weight is 483 g/mol. The molecule has 1 aromatic heterocycles. The number of carbonyl (C=O) groups excluding carboxylic acids is 1. The van der Waals surface area contributed by atoms with E-state index in [1.54, 1.807) is 6.07 Å². The van der Waals surface area contributed by atoms with Crippen molar-refractivity contribution in [3.63, 3.8) is 0 Å². The van der Waals surface area contributed by atoms with Crippen LogP contribution < -0.4 is 15.4 Å². The molecule has 1 heterocycles. The zero-order valence-electron chi connectivity index (χ0n) is 31.7. The summed E-state index contributed by atoms with van der Waals surface area (Å²) < 4.78 is 139. The molecule has 0 saturated heterocycles. The van der Waals surface area contributed by atoms with Crippen LogP contribution in [0.3, 0.4) is 0 Å². The van der Waals surface area contributed by atoms with E-state index in [0.717, 1.165) is 0 Å². The molecule has 9 heteroatoms. The minimum Gasteiger partial charge on any atom is -0.492 e. The van der Waals surface area contributed by atoms with Crippen molar-refractivity contribution in [1.82, 2.24) is 9.88 Å². The summed E-state index contributed by atoms with van der Waals surface area (Å²) in [7, 11) is 0. The van der Waals surface area contributed by atoms with E-state index in [4.69, 9.17) is 36.9 Å². The van der Waals surface area contributed by atoms with Crippen LogP contribution in [0, 0.1) is 17.1 Å². The first-order valence-electron chi connectivity index (χ1n) is 16.5. The summed E-state index contributed by atoms with van der Waals surface area (Å²) in [5.74, 6) is -3.33. The summed E-state index contributed by atoms with van der Waals surface area (Å²) in [5, 5.41) is 13.1. The predicted molar refractivity (Wildman–Crippen MR) is 129 cm³/mol. The number of benzene rings is 2. The number of ether oxygens (including phenoxy) is 1. The second-order valence-electron chi connectivity index (χ2n) is 5.92. The largest absolute Gasteiger partial charge is 0.492 e. The lowest BCUT2D eigenvalue weighted by Gasteiger charge is -2.16. The van der Waals surface area contributed by atoms with Gasteiger partial charge in [-0.1, -0.05) is 17.7 Å². The molecule has 0 fully saturated rings. The molecule has 33 heavy (non-hydrogen) atoms. The number of nitrogens with one attached hydrogen (secondary N) is 2. The summed E-state index contributed by atoms with van der Waals surface area (Å²) in [6, 6.07) is -3.99. The Morgan fingerprint density at radius 1 is 1.48 bits per heavy atom. The molecule has 1 amide bonds. The minimum atomic E-state index is -3.58. The number of nitriles is 1. The van der Waals surface area contributed by atoms with E-state index in [1.165, 1.54) is 6.92 Å². The summed E-state index contributed by atoms with van der Waals surface area (Å²) in [6.07, 6.45) is -0.554. The van der Waals surface area contributed by atoms with Gasteiger partial charge in [-0.25, -0.2) is 4.39 Å². The SMILES string of the molecule is [2H]/C(=C\C(=O)Nc1c(OCC)c([2H])c2nc([2H])c(C#N)c(Nc3c([2H])c([2H])c(F)c(Cl)c3[2H])c2c1[2H])C([2H])([2H])N(C([2H])([2H])[2H])C([2H])([2H])[2H]. The molecule has 0 aliphatic heterocycles. The lowest BCUT2D eigenvalue weighted by Crippen LogP contribution is -2.13. The first-order valence-corrected chi connectivity index (χ1v) is 9.33. The van der Waals surface area contributed by atoms with E-state index in [2.05, 4.69) is 15.6 Å². The maximum absolute atomic E-state index is 14.3. The number of hydrogen-bond acceptors (Lipinski definition) is 6. The Labute approximate surface area is 217 Å². The smallest absolute Gasteiger partial charge is 0.248 e. The van der Waals surface area contributed by atoms with E-state index < -0.39 is 124 Å². The Balaban J connectivity index is 2.33. The quantitative estimate of drug-likeness (QED) is 0.434. The highest BCUT2D eigenvalue weighted by molar-refractivity contribution is 6.31. The molecule has 0 aliphatic carbocycles. The number of rotatable bonds is 8. The van der Waals surface area contributed by atoms with Crippen molar-refractivity contribution >= 4 is 45.5 Å². The molecule has 0 unspecified atom stereocenters. The maximum Gasteiger partial charge on any atom is 0.248 e. The van der Waals surface area contributed by atoms with Crippen LogP contribution in [0.25, 0.3) is 10.9 Å². The van der Waals surface area contributed by atoms with Crippen LogP contribution in [0.5, 0.6) is 5.75 Å². The molecule has 0 atom stereocenters. The third-order valence-electron chi connectivity index (χ3n) is 3.73. The number of likely N-dealkylation sites (N-methyl/N-ethyl adjacent to an activating group) is 1. The van der Waals surface area contributed by atoms with Crippen LogP contribution in [0.15, 0.2) is 48.5 Å². The van der Waals surface area contributed by atoms with Gasteiger partial charge in [-0.05, 0) is 45.0 Å². The minimum absolute atomic E-state index is 0.173. The van der Waals surface area contributed by atoms with Gasteiger partial charge in [0.1, 0.15) is 17.6 Å². The van der Waals surface area contributed by atoms with Gasteiger partial charge in [0.25, 0.3) is 0 Å². The topological polar surface area (TPSA) is 90.3 Å². The Kier molecular flexibility index (Phi) is 3.58. The second kappa shape index (κ2) is 10.8. The third kappa shape index (κ3) is 5.98. The van der Waals surface area contributed by atoms with Crippen LogP contribution in [-0.2, 0) is 4.79 Å². The van der Waals surface area contributed by atoms with Gasteiger partial charge in [0.2, 0.25) is 5.91 Å². The number of anilines is 3. The lowest BCUT2D eigenvalue weighted by molar-refractivity contribution is -0.111. The monoisotopic (exact) mass is 482 g/mol. The number of nitrogens with zero attached hydrogens (tertiary/aromatic N) is 3. The molecular formula is C24H23ClFN5O2. The predicted octanol–water partition coefficient (Wildman–Crippen LogP) is 5.10. The van der Waals surface area contributed by atoms with Crippen molar-refractivity contribution < 1.29 is 34.5 Å². The van der Waals surface area contributed by atoms with Gasteiger partial charge in [0.15, 0.2) is 0 Å². The zero-order chi connectivity index (χ0) is 36.8. The Hall–Kier alpha value is -3.67. The van der Waals surface area contributed by atoms with E-state index in [-0.39, 0.29) is 12.7 Å². The summed E-state index contributed by atoms with van der Waals surface area (Å²) in [6.45, 7) is -9.44. The summed E-state index contributed by atoms with van der Waals surface area (Å²) >= 11 is 5.82. The fraction of sp³-hybridized carbons (Fsp3) is 0.208. The number of aromatic nitrogens is 1. The van der Waals surface area contributed by atoms with Crippen molar-refractivity contribution in [2.24, 2.45) is 0 Å². The van der Waals surface area contributed by atoms with Crippen molar-refractivity contribution in [2.75, 3.05) is 37.7 Å². The Morgan fingerprint density at radius 3 is 3.03 bits per heavy atom. The number of halogens is 2. The molecule has 2 N–H and O–H groups in total. The highest BCUT2D eigenvalue weighted by Crippen LogP contribution is 2.36. The molecule has 170 valence electrons. The third-order valence-corrected chi connectivity index (χ3v) is 3.99. The fourth-order valence-corrected chi connectivity index (χ4v) is 2.60. The standard InChI is InChI=1S/C24H23ClFN5O2/c1-4-33-22-12-20-17(11-21(22)30-23(32)6-5-9-31(2)3)24(15(13-27)14-28-20)29-16-7-8-19(26)18(25)10-16/h5-8,10-12,14H,4,9H2,1-3H3,(H,28,29)(H,30,32)/b6-5+/i2D3,3D3,5D,7D,8D,9D2,10D,11D,12D,14D. The first kappa shape index (κ1) is 11.0. The molecular weight excluding hydrogens is 445 g/mol. The van der Waals surface area contributed by atoms with Gasteiger partial charge >= 0.3 is 0 Å². The molecule has 0 radical (unpaired) electrons. The highest BCUT2D eigenvalue weighted by Gasteiger charge is 2.15. The van der Waals surface area contributed by atoms with Gasteiger partial charge in [-0.15, -0.1) is 0 Å². The van der Waals surface area contributed by atoms with E-state index >= 15 is 0 Å². The Bertz CT molecular complexity index is 1850. The lowest BCUT2D eigenvalue weighted by atomic mass is 10.1. The van der Waals surface area contributed by atoms with Crippen LogP contribution in [0.2, 0.25) is 5.02 Å². The van der Waals surface area contributed by atoms with Gasteiger partial charge < -0.3 is 20.3 Å². The zero-order valence-corrected chi connectivity index (χ0v) is 17.5. The van der Waals surface area contributed by atoms with E-state index in [0.29, 0.717) is 0 Å². The van der Waals surface area contributed by atoms with Gasteiger partial charge in [-0.2, -0.15) is 5.26 Å². The number of hydrogen-bond donors (Lipinski definition) is 2. The fourth-order valence-electron chi connectivity index (χ4n) is 2.45. The highest BCUT2D eigenvalue weighted by atomic mass is 35.5. The van der Waals surface area contributed by atoms with Crippen molar-refractivity contribution in [2.45, 2.75) is 6.92 Å². The van der Waals surface area contributed by atoms with E-state index in [9.17, 15) is 14.4 Å². The first-order chi connectivity index (χ1) is 21.9. The number of fused-ring (bicyclic) bond motifs is 1. The van der Waals surface area contributed by atoms with Crippen molar-refractivity contribution in [1.29, 1.82) is 5.26 Å². The molecule has 0 bridgehead atoms. The van der Waals surface area contributed by atoms with Crippen LogP contribution in [0.1, 0.15) is 33.0 Å². The van der Waals surface area contributed by atoms with Crippen LogP contribution >= 0.6 is 11.6 Å². The second-order valence-corrected chi connectivity index (χ2v) is 6.30. The molecule has 2 aromatic carbocycles. The molecule has 0 saturated carbocycles. The summed E-state index contributed by atoms with van der Waals surface area (Å²) in [4.78, 5) is 16.4. The van der Waals surface area contributed by atoms with Crippen LogP contribution in [0.4, 0.5) is 21.5 Å². The van der Waals surface area contributed by atoms with Crippen molar-refractivity contribution in [3.05, 3.63) is 64.9 Å². The van der Waals surface area contributed by atoms with E-state index in [1.807, 2.05) is 0 Å². The van der Waals surface area contributed by atoms with Gasteiger partial charge in [0.05, 0.1) is 43.7 Å². The Morgan fingerprint density at radius 2 is 2.30 bits per heavy atom. The molecule has 0 aliphatic rings. The molecule has 0 spiro atoms. The maximum atomic E-state index is 14.3. The number of amides is 1. The molecule has 3 aromatic rings. The van der Waals surface area contributed by atoms with Crippen LogP contribution in [-0.4, -0.2) is 42.8 Å². The average Bonchev–Trinajstić information content (AvgIpc) is 2.95. The molecule has 3 rings (SSSR count). The number of pyridine rings is 1. The van der Waals surface area contributed by atoms with Gasteiger partial charge in [0, 0.05) is 46.8 Å².